The molecule has 0 aliphatic carbocycles. The first-order valence-corrected chi connectivity index (χ1v) is 8.49. The SMILES string of the molecule is COCCN(CCCP(=O)(O)O)C1CCN(N)CC1. The van der Waals surface area contributed by atoms with Gasteiger partial charge < -0.3 is 14.5 Å². The van der Waals surface area contributed by atoms with Crippen LogP contribution in [0.4, 0.5) is 0 Å². The van der Waals surface area contributed by atoms with Gasteiger partial charge in [-0.3, -0.25) is 15.3 Å². The van der Waals surface area contributed by atoms with Crippen LogP contribution in [-0.2, 0) is 9.30 Å². The molecular formula is C11H26N3O4P. The van der Waals surface area contributed by atoms with E-state index < -0.39 is 7.60 Å². The van der Waals surface area contributed by atoms with E-state index in [2.05, 4.69) is 4.90 Å². The molecule has 0 aromatic rings. The summed E-state index contributed by atoms with van der Waals surface area (Å²) in [4.78, 5) is 20.1. The summed E-state index contributed by atoms with van der Waals surface area (Å²) in [7, 11) is -2.22. The summed E-state index contributed by atoms with van der Waals surface area (Å²) < 4.78 is 16.0. The smallest absolute Gasteiger partial charge is 0.325 e. The van der Waals surface area contributed by atoms with Crippen LogP contribution in [0.1, 0.15) is 19.3 Å². The minimum atomic E-state index is -3.88. The standard InChI is InChI=1S/C11H26N3O4P/c1-18-9-8-13(5-2-10-19(15,16)17)11-3-6-14(12)7-4-11/h11H,2-10,12H2,1H3,(H2,15,16,17). The van der Waals surface area contributed by atoms with Gasteiger partial charge in [-0.25, -0.2) is 5.01 Å². The van der Waals surface area contributed by atoms with Crippen molar-refractivity contribution < 1.29 is 19.1 Å². The second-order valence-corrected chi connectivity index (χ2v) is 6.81. The molecule has 0 radical (unpaired) electrons. The Morgan fingerprint density at radius 2 is 2.00 bits per heavy atom. The normalized spacial score (nSPS) is 19.2. The van der Waals surface area contributed by atoms with Gasteiger partial charge in [0, 0.05) is 32.8 Å². The van der Waals surface area contributed by atoms with Gasteiger partial charge in [0.15, 0.2) is 0 Å². The number of piperidine rings is 1. The third kappa shape index (κ3) is 7.37. The van der Waals surface area contributed by atoms with Crippen molar-refractivity contribution in [3.05, 3.63) is 0 Å². The second-order valence-electron chi connectivity index (χ2n) is 5.04. The molecule has 0 aromatic carbocycles. The third-order valence-corrected chi connectivity index (χ3v) is 4.39. The summed E-state index contributed by atoms with van der Waals surface area (Å²) in [6.45, 7) is 3.87. The van der Waals surface area contributed by atoms with Crippen LogP contribution >= 0.6 is 7.60 Å². The van der Waals surface area contributed by atoms with Crippen LogP contribution in [-0.4, -0.2) is 71.8 Å². The minimum absolute atomic E-state index is 0.0494. The Kier molecular flexibility index (Phi) is 7.46. The number of hydrogen-bond acceptors (Lipinski definition) is 5. The zero-order chi connectivity index (χ0) is 14.3. The Morgan fingerprint density at radius 1 is 1.37 bits per heavy atom. The molecule has 19 heavy (non-hydrogen) atoms. The highest BCUT2D eigenvalue weighted by atomic mass is 31.2. The zero-order valence-corrected chi connectivity index (χ0v) is 12.5. The predicted molar refractivity (Wildman–Crippen MR) is 73.8 cm³/mol. The van der Waals surface area contributed by atoms with E-state index >= 15 is 0 Å². The number of hydrazine groups is 1. The Balaban J connectivity index is 2.39. The van der Waals surface area contributed by atoms with E-state index in [-0.39, 0.29) is 6.16 Å². The highest BCUT2D eigenvalue weighted by molar-refractivity contribution is 7.51. The summed E-state index contributed by atoms with van der Waals surface area (Å²) in [5.74, 6) is 5.74. The maximum absolute atomic E-state index is 10.9. The van der Waals surface area contributed by atoms with Gasteiger partial charge in [0.2, 0.25) is 0 Å². The van der Waals surface area contributed by atoms with Crippen LogP contribution in [0.25, 0.3) is 0 Å². The summed E-state index contributed by atoms with van der Waals surface area (Å²) in [5, 5.41) is 1.82. The monoisotopic (exact) mass is 295 g/mol. The fourth-order valence-corrected chi connectivity index (χ4v) is 2.97. The lowest BCUT2D eigenvalue weighted by Gasteiger charge is -2.37. The number of nitrogens with zero attached hydrogens (tertiary/aromatic N) is 2. The maximum Gasteiger partial charge on any atom is 0.325 e. The lowest BCUT2D eigenvalue weighted by atomic mass is 10.0. The van der Waals surface area contributed by atoms with Crippen molar-refractivity contribution in [3.63, 3.8) is 0 Å². The molecule has 0 atom stereocenters. The largest absolute Gasteiger partial charge is 0.383 e. The first kappa shape index (κ1) is 17.0. The lowest BCUT2D eigenvalue weighted by Crippen LogP contribution is -2.48. The minimum Gasteiger partial charge on any atom is -0.383 e. The molecule has 0 aromatic heterocycles. The van der Waals surface area contributed by atoms with E-state index in [1.54, 1.807) is 7.11 Å². The lowest BCUT2D eigenvalue weighted by molar-refractivity contribution is 0.0789. The highest BCUT2D eigenvalue weighted by Gasteiger charge is 2.23. The number of ether oxygens (including phenoxy) is 1. The molecule has 114 valence electrons. The Bertz CT molecular complexity index is 292. The van der Waals surface area contributed by atoms with Gasteiger partial charge in [-0.2, -0.15) is 0 Å². The van der Waals surface area contributed by atoms with Gasteiger partial charge in [-0.05, 0) is 25.8 Å². The molecule has 1 rings (SSSR count). The Hall–Kier alpha value is -0.0100. The molecule has 0 spiro atoms. The topological polar surface area (TPSA) is 99.3 Å². The Morgan fingerprint density at radius 3 is 2.53 bits per heavy atom. The van der Waals surface area contributed by atoms with Gasteiger partial charge in [0.1, 0.15) is 0 Å². The third-order valence-electron chi connectivity index (χ3n) is 3.49. The van der Waals surface area contributed by atoms with Crippen LogP contribution < -0.4 is 5.84 Å². The quantitative estimate of drug-likeness (QED) is 0.423. The first-order valence-electron chi connectivity index (χ1n) is 6.69. The fourth-order valence-electron chi connectivity index (χ4n) is 2.42. The van der Waals surface area contributed by atoms with Gasteiger partial charge >= 0.3 is 7.60 Å². The van der Waals surface area contributed by atoms with Crippen molar-refractivity contribution in [2.45, 2.75) is 25.3 Å². The van der Waals surface area contributed by atoms with Crippen LogP contribution in [0.5, 0.6) is 0 Å². The molecule has 1 saturated heterocycles. The Labute approximate surface area is 114 Å². The summed E-state index contributed by atoms with van der Waals surface area (Å²) >= 11 is 0. The van der Waals surface area contributed by atoms with Gasteiger partial charge in [0.05, 0.1) is 12.8 Å². The van der Waals surface area contributed by atoms with Crippen molar-refractivity contribution in [1.29, 1.82) is 0 Å². The summed E-state index contributed by atoms with van der Waals surface area (Å²) in [6.07, 6.45) is 2.45. The number of hydrogen-bond donors (Lipinski definition) is 3. The molecule has 0 amide bonds. The van der Waals surface area contributed by atoms with Crippen LogP contribution in [0.3, 0.4) is 0 Å². The molecule has 0 unspecified atom stereocenters. The predicted octanol–water partition coefficient (Wildman–Crippen LogP) is -0.159. The molecule has 8 heteroatoms. The highest BCUT2D eigenvalue weighted by Crippen LogP contribution is 2.35. The molecule has 1 fully saturated rings. The average Bonchev–Trinajstić information content (AvgIpc) is 2.33. The fraction of sp³-hybridized carbons (Fsp3) is 1.00. The molecule has 7 nitrogen and oxygen atoms in total. The van der Waals surface area contributed by atoms with Crippen molar-refractivity contribution in [2.24, 2.45) is 5.84 Å². The molecule has 0 saturated carbocycles. The van der Waals surface area contributed by atoms with Crippen LogP contribution in [0, 0.1) is 0 Å². The number of rotatable bonds is 8. The van der Waals surface area contributed by atoms with E-state index in [0.29, 0.717) is 25.6 Å². The van der Waals surface area contributed by atoms with Gasteiger partial charge in [0.25, 0.3) is 0 Å². The summed E-state index contributed by atoms with van der Waals surface area (Å²) in [5.41, 5.74) is 0. The number of nitrogens with two attached hydrogens (primary N) is 1. The van der Waals surface area contributed by atoms with Crippen LogP contribution in [0.15, 0.2) is 0 Å². The van der Waals surface area contributed by atoms with E-state index in [4.69, 9.17) is 20.4 Å². The number of methoxy groups -OCH3 is 1. The van der Waals surface area contributed by atoms with E-state index in [1.807, 2.05) is 5.01 Å². The van der Waals surface area contributed by atoms with Gasteiger partial charge in [-0.15, -0.1) is 0 Å². The molecule has 1 heterocycles. The van der Waals surface area contributed by atoms with Crippen molar-refractivity contribution in [2.75, 3.05) is 46.1 Å². The molecule has 1 aliphatic heterocycles. The van der Waals surface area contributed by atoms with Crippen LogP contribution in [0.2, 0.25) is 0 Å². The van der Waals surface area contributed by atoms with Crippen molar-refractivity contribution in [3.8, 4) is 0 Å². The van der Waals surface area contributed by atoms with Gasteiger partial charge in [-0.1, -0.05) is 0 Å². The van der Waals surface area contributed by atoms with Crippen molar-refractivity contribution in [1.82, 2.24) is 9.91 Å². The average molecular weight is 295 g/mol. The first-order chi connectivity index (χ1) is 8.92. The molecule has 0 bridgehead atoms. The van der Waals surface area contributed by atoms with E-state index in [0.717, 1.165) is 32.5 Å². The molecule has 1 aliphatic rings. The van der Waals surface area contributed by atoms with Crippen molar-refractivity contribution >= 4 is 7.60 Å². The molecule has 4 N–H and O–H groups in total. The molecular weight excluding hydrogens is 269 g/mol. The maximum atomic E-state index is 10.9. The summed E-state index contributed by atoms with van der Waals surface area (Å²) in [6, 6.07) is 0.437. The zero-order valence-electron chi connectivity index (χ0n) is 11.6. The van der Waals surface area contributed by atoms with E-state index in [1.165, 1.54) is 0 Å². The van der Waals surface area contributed by atoms with E-state index in [9.17, 15) is 4.57 Å². The second kappa shape index (κ2) is 8.32.